The van der Waals surface area contributed by atoms with Crippen LogP contribution >= 0.6 is 22.6 Å². The van der Waals surface area contributed by atoms with Crippen molar-refractivity contribution in [3.63, 3.8) is 0 Å². The first-order valence-electron chi connectivity index (χ1n) is 6.82. The number of hydrogen-bond acceptors (Lipinski definition) is 1. The predicted octanol–water partition coefficient (Wildman–Crippen LogP) is 5.09. The van der Waals surface area contributed by atoms with Crippen molar-refractivity contribution in [1.29, 1.82) is 0 Å². The Balaban J connectivity index is 1.75. The molecule has 1 aliphatic rings. The Labute approximate surface area is 128 Å². The summed E-state index contributed by atoms with van der Waals surface area (Å²) in [5.41, 5.74) is 5.54. The molecule has 2 heteroatoms. The average Bonchev–Trinajstić information content (AvgIpc) is 3.22. The van der Waals surface area contributed by atoms with Gasteiger partial charge in [-0.2, -0.15) is 0 Å². The Kier molecular flexibility index (Phi) is 3.78. The van der Waals surface area contributed by atoms with Crippen LogP contribution in [0.4, 0.5) is 5.69 Å². The van der Waals surface area contributed by atoms with E-state index in [1.165, 1.54) is 38.8 Å². The fraction of sp³-hybridized carbons (Fsp3) is 0.294. The molecule has 0 amide bonds. The number of halogens is 1. The fourth-order valence-corrected chi connectivity index (χ4v) is 3.15. The summed E-state index contributed by atoms with van der Waals surface area (Å²) in [7, 11) is 0. The van der Waals surface area contributed by atoms with Gasteiger partial charge in [-0.25, -0.2) is 0 Å². The second-order valence-electron chi connectivity index (χ2n) is 5.29. The van der Waals surface area contributed by atoms with E-state index in [1.807, 2.05) is 0 Å². The Morgan fingerprint density at radius 2 is 1.95 bits per heavy atom. The lowest BCUT2D eigenvalue weighted by atomic mass is 10.0. The van der Waals surface area contributed by atoms with Crippen molar-refractivity contribution in [1.82, 2.24) is 0 Å². The van der Waals surface area contributed by atoms with E-state index in [0.717, 1.165) is 12.5 Å². The molecular formula is C17H18IN. The third-order valence-corrected chi connectivity index (χ3v) is 4.40. The van der Waals surface area contributed by atoms with Crippen molar-refractivity contribution in [2.24, 2.45) is 0 Å². The number of hydrogen-bond donors (Lipinski definition) is 1. The highest BCUT2D eigenvalue weighted by Gasteiger charge is 2.25. The van der Waals surface area contributed by atoms with E-state index >= 15 is 0 Å². The molecule has 98 valence electrons. The number of anilines is 1. The number of aryl methyl sites for hydroxylation is 1. The second kappa shape index (κ2) is 5.53. The van der Waals surface area contributed by atoms with Crippen LogP contribution in [0, 0.1) is 10.5 Å². The molecule has 0 aromatic heterocycles. The second-order valence-corrected chi connectivity index (χ2v) is 6.53. The number of benzene rings is 2. The quantitative estimate of drug-likeness (QED) is 0.747. The Bertz CT molecular complexity index is 588. The number of rotatable bonds is 4. The van der Waals surface area contributed by atoms with Crippen molar-refractivity contribution in [3.05, 3.63) is 62.7 Å². The normalized spacial score (nSPS) is 14.4. The first-order chi connectivity index (χ1) is 9.24. The van der Waals surface area contributed by atoms with Crippen LogP contribution in [0.2, 0.25) is 0 Å². The largest absolute Gasteiger partial charge is 0.381 e. The van der Waals surface area contributed by atoms with Crippen LogP contribution in [0.25, 0.3) is 0 Å². The van der Waals surface area contributed by atoms with E-state index < -0.39 is 0 Å². The molecule has 19 heavy (non-hydrogen) atoms. The van der Waals surface area contributed by atoms with Gasteiger partial charge in [-0.1, -0.05) is 24.3 Å². The fourth-order valence-electron chi connectivity index (χ4n) is 2.50. The molecule has 1 fully saturated rings. The van der Waals surface area contributed by atoms with Gasteiger partial charge >= 0.3 is 0 Å². The maximum Gasteiger partial charge on any atom is 0.0403 e. The van der Waals surface area contributed by atoms with E-state index in [4.69, 9.17) is 0 Å². The van der Waals surface area contributed by atoms with Crippen molar-refractivity contribution in [3.8, 4) is 0 Å². The third kappa shape index (κ3) is 3.11. The average molecular weight is 363 g/mol. The Hall–Kier alpha value is -1.03. The van der Waals surface area contributed by atoms with Gasteiger partial charge in [-0.15, -0.1) is 0 Å². The zero-order chi connectivity index (χ0) is 13.2. The summed E-state index contributed by atoms with van der Waals surface area (Å²) in [4.78, 5) is 0. The lowest BCUT2D eigenvalue weighted by Gasteiger charge is -2.13. The minimum absolute atomic E-state index is 0.816. The van der Waals surface area contributed by atoms with Crippen LogP contribution in [-0.4, -0.2) is 0 Å². The summed E-state index contributed by atoms with van der Waals surface area (Å²) in [5, 5.41) is 3.58. The molecule has 0 atom stereocenters. The van der Waals surface area contributed by atoms with Crippen LogP contribution in [0.5, 0.6) is 0 Å². The molecule has 0 radical (unpaired) electrons. The minimum Gasteiger partial charge on any atom is -0.381 e. The van der Waals surface area contributed by atoms with Gasteiger partial charge in [-0.3, -0.25) is 0 Å². The summed E-state index contributed by atoms with van der Waals surface area (Å²) in [6, 6.07) is 15.4. The Morgan fingerprint density at radius 3 is 2.68 bits per heavy atom. The molecule has 0 aliphatic heterocycles. The van der Waals surface area contributed by atoms with Crippen LogP contribution in [0.1, 0.15) is 35.4 Å². The monoisotopic (exact) mass is 363 g/mol. The van der Waals surface area contributed by atoms with Gasteiger partial charge in [0.2, 0.25) is 0 Å². The summed E-state index contributed by atoms with van der Waals surface area (Å²) >= 11 is 2.36. The van der Waals surface area contributed by atoms with Gasteiger partial charge in [0, 0.05) is 15.8 Å². The molecule has 0 saturated heterocycles. The lowest BCUT2D eigenvalue weighted by molar-refractivity contribution is 1.03. The first kappa shape index (κ1) is 13.0. The lowest BCUT2D eigenvalue weighted by Crippen LogP contribution is -2.03. The van der Waals surface area contributed by atoms with Crippen molar-refractivity contribution >= 4 is 28.3 Å². The van der Waals surface area contributed by atoms with Gasteiger partial charge in [0.05, 0.1) is 0 Å². The molecule has 1 saturated carbocycles. The van der Waals surface area contributed by atoms with Crippen molar-refractivity contribution in [2.45, 2.75) is 32.2 Å². The van der Waals surface area contributed by atoms with Gasteiger partial charge in [-0.05, 0) is 83.2 Å². The summed E-state index contributed by atoms with van der Waals surface area (Å²) < 4.78 is 1.29. The standard InChI is InChI=1S/C17H18IN/c1-12-10-15(18)8-9-17(12)19-11-14-4-2-3-5-16(14)13-6-7-13/h2-5,8-10,13,19H,6-7,11H2,1H3. The zero-order valence-electron chi connectivity index (χ0n) is 11.1. The molecule has 2 aromatic carbocycles. The highest BCUT2D eigenvalue weighted by molar-refractivity contribution is 14.1. The Morgan fingerprint density at radius 1 is 1.16 bits per heavy atom. The molecule has 3 rings (SSSR count). The van der Waals surface area contributed by atoms with E-state index in [0.29, 0.717) is 0 Å². The van der Waals surface area contributed by atoms with E-state index in [2.05, 4.69) is 77.3 Å². The highest BCUT2D eigenvalue weighted by atomic mass is 127. The molecule has 0 unspecified atom stereocenters. The van der Waals surface area contributed by atoms with Gasteiger partial charge in [0.25, 0.3) is 0 Å². The van der Waals surface area contributed by atoms with Gasteiger partial charge in [0.1, 0.15) is 0 Å². The smallest absolute Gasteiger partial charge is 0.0403 e. The molecule has 0 heterocycles. The zero-order valence-corrected chi connectivity index (χ0v) is 13.3. The topological polar surface area (TPSA) is 12.0 Å². The predicted molar refractivity (Wildman–Crippen MR) is 89.6 cm³/mol. The molecular weight excluding hydrogens is 345 g/mol. The molecule has 1 nitrogen and oxygen atoms in total. The molecule has 1 N–H and O–H groups in total. The van der Waals surface area contributed by atoms with E-state index in [-0.39, 0.29) is 0 Å². The summed E-state index contributed by atoms with van der Waals surface area (Å²) in [6.07, 6.45) is 2.72. The molecule has 0 bridgehead atoms. The maximum atomic E-state index is 3.58. The summed E-state index contributed by atoms with van der Waals surface area (Å²) in [6.45, 7) is 3.09. The highest BCUT2D eigenvalue weighted by Crippen LogP contribution is 2.41. The maximum absolute atomic E-state index is 3.58. The minimum atomic E-state index is 0.816. The third-order valence-electron chi connectivity index (χ3n) is 3.73. The molecule has 2 aromatic rings. The first-order valence-corrected chi connectivity index (χ1v) is 7.90. The van der Waals surface area contributed by atoms with Gasteiger partial charge < -0.3 is 5.32 Å². The van der Waals surface area contributed by atoms with E-state index in [9.17, 15) is 0 Å². The SMILES string of the molecule is Cc1cc(I)ccc1NCc1ccccc1C1CC1. The van der Waals surface area contributed by atoms with Crippen LogP contribution in [0.15, 0.2) is 42.5 Å². The summed E-state index contributed by atoms with van der Waals surface area (Å²) in [5.74, 6) is 0.816. The van der Waals surface area contributed by atoms with Crippen LogP contribution in [-0.2, 0) is 6.54 Å². The van der Waals surface area contributed by atoms with Gasteiger partial charge in [0.15, 0.2) is 0 Å². The molecule has 0 spiro atoms. The van der Waals surface area contributed by atoms with Crippen LogP contribution in [0.3, 0.4) is 0 Å². The van der Waals surface area contributed by atoms with Crippen molar-refractivity contribution < 1.29 is 0 Å². The molecule has 1 aliphatic carbocycles. The van der Waals surface area contributed by atoms with E-state index in [1.54, 1.807) is 0 Å². The van der Waals surface area contributed by atoms with Crippen LogP contribution < -0.4 is 5.32 Å². The number of nitrogens with one attached hydrogen (secondary N) is 1. The van der Waals surface area contributed by atoms with Crippen molar-refractivity contribution in [2.75, 3.05) is 5.32 Å².